The number of aryl methyl sites for hydroxylation is 1. The zero-order valence-corrected chi connectivity index (χ0v) is 22.4. The first-order valence-electron chi connectivity index (χ1n) is 10.8. The second-order valence-electron chi connectivity index (χ2n) is 7.66. The first-order valence-corrected chi connectivity index (χ1v) is 12.4. The van der Waals surface area contributed by atoms with E-state index in [9.17, 15) is 14.9 Å². The molecule has 0 aliphatic carbocycles. The van der Waals surface area contributed by atoms with Gasteiger partial charge in [-0.05, 0) is 83.4 Å². The number of non-ortho nitro benzene ring substituents is 1. The molecule has 0 bridgehead atoms. The van der Waals surface area contributed by atoms with Crippen LogP contribution in [0.3, 0.4) is 0 Å². The molecule has 0 atom stereocenters. The quantitative estimate of drug-likeness (QED) is 0.137. The minimum Gasteiger partial charge on any atom is -0.490 e. The molecule has 0 radical (unpaired) electrons. The summed E-state index contributed by atoms with van der Waals surface area (Å²) in [5.41, 5.74) is 1.78. The Morgan fingerprint density at radius 1 is 1.11 bits per heavy atom. The Balaban J connectivity index is 1.62. The van der Waals surface area contributed by atoms with E-state index in [0.717, 1.165) is 10.0 Å². The van der Waals surface area contributed by atoms with E-state index in [1.54, 1.807) is 49.5 Å². The van der Waals surface area contributed by atoms with Crippen molar-refractivity contribution in [2.75, 3.05) is 6.61 Å². The second kappa shape index (κ2) is 11.0. The molecule has 0 fully saturated rings. The van der Waals surface area contributed by atoms with Crippen LogP contribution in [0.5, 0.6) is 11.5 Å². The maximum Gasteiger partial charge on any atom is 0.282 e. The smallest absolute Gasteiger partial charge is 0.282 e. The highest BCUT2D eigenvalue weighted by molar-refractivity contribution is 9.10. The molecule has 36 heavy (non-hydrogen) atoms. The standard InChI is InChI=1S/C25H20Br2N4O5/c1-3-35-23-11-17(10-21(27)24(23)36-14-16-4-7-19(8-5-16)31(33)34)13-28-30-15(2)29-22-9-6-18(26)12-20(22)25(30)32/h4-13H,3,14H2,1-2H3. The molecule has 0 N–H and O–H groups in total. The monoisotopic (exact) mass is 614 g/mol. The Morgan fingerprint density at radius 2 is 1.86 bits per heavy atom. The van der Waals surface area contributed by atoms with Crippen molar-refractivity contribution in [3.05, 3.63) is 101 Å². The van der Waals surface area contributed by atoms with Crippen molar-refractivity contribution < 1.29 is 14.4 Å². The average Bonchev–Trinajstić information content (AvgIpc) is 2.84. The highest BCUT2D eigenvalue weighted by atomic mass is 79.9. The van der Waals surface area contributed by atoms with Gasteiger partial charge in [-0.1, -0.05) is 15.9 Å². The van der Waals surface area contributed by atoms with Crippen LogP contribution in [0.1, 0.15) is 23.9 Å². The van der Waals surface area contributed by atoms with Crippen LogP contribution in [0.15, 0.2) is 73.4 Å². The average molecular weight is 616 g/mol. The van der Waals surface area contributed by atoms with Crippen molar-refractivity contribution in [2.45, 2.75) is 20.5 Å². The van der Waals surface area contributed by atoms with Crippen LogP contribution in [0.4, 0.5) is 5.69 Å². The number of fused-ring (bicyclic) bond motifs is 1. The molecular formula is C25H20Br2N4O5. The van der Waals surface area contributed by atoms with Gasteiger partial charge in [0.15, 0.2) is 11.5 Å². The lowest BCUT2D eigenvalue weighted by Gasteiger charge is -2.15. The molecule has 0 saturated heterocycles. The highest BCUT2D eigenvalue weighted by Gasteiger charge is 2.14. The fourth-order valence-corrected chi connectivity index (χ4v) is 4.39. The third kappa shape index (κ3) is 5.63. The topological polar surface area (TPSA) is 109 Å². The van der Waals surface area contributed by atoms with E-state index in [1.807, 2.05) is 13.0 Å². The second-order valence-corrected chi connectivity index (χ2v) is 9.43. The van der Waals surface area contributed by atoms with E-state index in [-0.39, 0.29) is 17.9 Å². The Morgan fingerprint density at radius 3 is 2.56 bits per heavy atom. The van der Waals surface area contributed by atoms with Gasteiger partial charge in [0.1, 0.15) is 12.4 Å². The Labute approximate surface area is 222 Å². The summed E-state index contributed by atoms with van der Waals surface area (Å²) in [5.74, 6) is 1.43. The lowest BCUT2D eigenvalue weighted by atomic mass is 10.2. The highest BCUT2D eigenvalue weighted by Crippen LogP contribution is 2.37. The van der Waals surface area contributed by atoms with Crippen LogP contribution < -0.4 is 15.0 Å². The SMILES string of the molecule is CCOc1cc(C=Nn2c(C)nc3ccc(Br)cc3c2=O)cc(Br)c1OCc1ccc([N+](=O)[O-])cc1. The molecule has 4 rings (SSSR count). The molecule has 4 aromatic rings. The van der Waals surface area contributed by atoms with Gasteiger partial charge in [0, 0.05) is 16.6 Å². The largest absolute Gasteiger partial charge is 0.490 e. The maximum atomic E-state index is 13.0. The predicted octanol–water partition coefficient (Wildman–Crippen LogP) is 6.00. The summed E-state index contributed by atoms with van der Waals surface area (Å²) >= 11 is 6.91. The molecule has 11 heteroatoms. The summed E-state index contributed by atoms with van der Waals surface area (Å²) in [6.07, 6.45) is 1.55. The lowest BCUT2D eigenvalue weighted by molar-refractivity contribution is -0.384. The van der Waals surface area contributed by atoms with Crippen LogP contribution in [0.25, 0.3) is 10.9 Å². The molecule has 0 saturated carbocycles. The Hall–Kier alpha value is -3.57. The van der Waals surface area contributed by atoms with Gasteiger partial charge in [0.05, 0.1) is 33.1 Å². The van der Waals surface area contributed by atoms with E-state index in [4.69, 9.17) is 9.47 Å². The molecule has 0 aliphatic rings. The number of nitro benzene ring substituents is 1. The summed E-state index contributed by atoms with van der Waals surface area (Å²) in [7, 11) is 0. The van der Waals surface area contributed by atoms with Gasteiger partial charge in [0.2, 0.25) is 0 Å². The number of ether oxygens (including phenoxy) is 2. The number of benzene rings is 3. The van der Waals surface area contributed by atoms with Crippen LogP contribution in [-0.4, -0.2) is 27.4 Å². The summed E-state index contributed by atoms with van der Waals surface area (Å²) < 4.78 is 14.4. The molecule has 1 aromatic heterocycles. The molecule has 9 nitrogen and oxygen atoms in total. The Kier molecular flexibility index (Phi) is 7.80. The maximum absolute atomic E-state index is 13.0. The fraction of sp³-hybridized carbons (Fsp3) is 0.160. The van der Waals surface area contributed by atoms with Gasteiger partial charge < -0.3 is 9.47 Å². The van der Waals surface area contributed by atoms with Crippen LogP contribution >= 0.6 is 31.9 Å². The summed E-state index contributed by atoms with van der Waals surface area (Å²) in [4.78, 5) is 27.9. The lowest BCUT2D eigenvalue weighted by Crippen LogP contribution is -2.20. The van der Waals surface area contributed by atoms with Crippen molar-refractivity contribution in [3.63, 3.8) is 0 Å². The third-order valence-electron chi connectivity index (χ3n) is 5.15. The van der Waals surface area contributed by atoms with Crippen molar-refractivity contribution in [2.24, 2.45) is 5.10 Å². The zero-order valence-electron chi connectivity index (χ0n) is 19.3. The van der Waals surface area contributed by atoms with E-state index < -0.39 is 4.92 Å². The number of rotatable bonds is 8. The summed E-state index contributed by atoms with van der Waals surface area (Å²) in [5, 5.41) is 15.7. The number of hydrogen-bond donors (Lipinski definition) is 0. The van der Waals surface area contributed by atoms with Crippen LogP contribution in [-0.2, 0) is 6.61 Å². The molecule has 3 aromatic carbocycles. The van der Waals surface area contributed by atoms with Gasteiger partial charge in [-0.2, -0.15) is 9.78 Å². The minimum atomic E-state index is -0.447. The van der Waals surface area contributed by atoms with Gasteiger partial charge in [-0.25, -0.2) is 4.98 Å². The zero-order chi connectivity index (χ0) is 25.8. The number of nitro groups is 1. The number of hydrogen-bond acceptors (Lipinski definition) is 7. The van der Waals surface area contributed by atoms with Crippen molar-refractivity contribution in [3.8, 4) is 11.5 Å². The van der Waals surface area contributed by atoms with Gasteiger partial charge in [-0.3, -0.25) is 14.9 Å². The van der Waals surface area contributed by atoms with E-state index in [0.29, 0.717) is 44.9 Å². The van der Waals surface area contributed by atoms with Crippen molar-refractivity contribution >= 4 is 54.7 Å². The summed E-state index contributed by atoms with van der Waals surface area (Å²) in [6.45, 7) is 4.17. The van der Waals surface area contributed by atoms with Gasteiger partial charge in [0.25, 0.3) is 11.2 Å². The number of aromatic nitrogens is 2. The molecule has 1 heterocycles. The number of halogens is 2. The molecule has 184 valence electrons. The first-order chi connectivity index (χ1) is 17.3. The predicted molar refractivity (Wildman–Crippen MR) is 144 cm³/mol. The van der Waals surface area contributed by atoms with Gasteiger partial charge in [-0.15, -0.1) is 0 Å². The van der Waals surface area contributed by atoms with Crippen LogP contribution in [0.2, 0.25) is 0 Å². The van der Waals surface area contributed by atoms with E-state index in [1.165, 1.54) is 16.8 Å². The Bertz CT molecular complexity index is 1530. The normalized spacial score (nSPS) is 11.2. The molecule has 0 spiro atoms. The van der Waals surface area contributed by atoms with E-state index >= 15 is 0 Å². The minimum absolute atomic E-state index is 0.0159. The first kappa shape index (κ1) is 25.5. The fourth-order valence-electron chi connectivity index (χ4n) is 3.46. The van der Waals surface area contributed by atoms with Crippen molar-refractivity contribution in [1.82, 2.24) is 9.66 Å². The third-order valence-corrected chi connectivity index (χ3v) is 6.24. The van der Waals surface area contributed by atoms with Gasteiger partial charge >= 0.3 is 0 Å². The molecule has 0 unspecified atom stereocenters. The molecular weight excluding hydrogens is 596 g/mol. The number of nitrogens with zero attached hydrogens (tertiary/aromatic N) is 4. The molecule has 0 aliphatic heterocycles. The van der Waals surface area contributed by atoms with Crippen LogP contribution in [0, 0.1) is 17.0 Å². The van der Waals surface area contributed by atoms with Crippen molar-refractivity contribution in [1.29, 1.82) is 0 Å². The van der Waals surface area contributed by atoms with E-state index in [2.05, 4.69) is 41.9 Å². The molecule has 0 amide bonds. The summed E-state index contributed by atoms with van der Waals surface area (Å²) in [6, 6.07) is 15.0.